The van der Waals surface area contributed by atoms with Gasteiger partial charge in [-0.1, -0.05) is 6.07 Å². The predicted molar refractivity (Wildman–Crippen MR) is 59.4 cm³/mol. The minimum atomic E-state index is -1.02. The highest BCUT2D eigenvalue weighted by Crippen LogP contribution is 2.35. The van der Waals surface area contributed by atoms with Gasteiger partial charge in [0.05, 0.1) is 0 Å². The summed E-state index contributed by atoms with van der Waals surface area (Å²) >= 11 is 0. The molecule has 0 amide bonds. The number of carboxylic acid groups (broad SMARTS) is 1. The number of hydrogen-bond acceptors (Lipinski definition) is 3. The second-order valence-corrected chi connectivity index (χ2v) is 4.72. The molecule has 0 aliphatic carbocycles. The summed E-state index contributed by atoms with van der Waals surface area (Å²) < 4.78 is 5.70. The first-order valence-corrected chi connectivity index (χ1v) is 5.19. The molecule has 0 radical (unpaired) electrons. The molecule has 1 aliphatic rings. The fourth-order valence-corrected chi connectivity index (χ4v) is 1.97. The molecular formula is C12H15NO3. The van der Waals surface area contributed by atoms with Crippen molar-refractivity contribution in [2.24, 2.45) is 5.73 Å². The third kappa shape index (κ3) is 1.88. The van der Waals surface area contributed by atoms with E-state index in [9.17, 15) is 4.79 Å². The topological polar surface area (TPSA) is 72.6 Å². The van der Waals surface area contributed by atoms with Crippen LogP contribution in [0.1, 0.15) is 31.0 Å². The van der Waals surface area contributed by atoms with Crippen LogP contribution >= 0.6 is 0 Å². The molecule has 0 unspecified atom stereocenters. The lowest BCUT2D eigenvalue weighted by atomic mass is 9.98. The molecule has 0 bridgehead atoms. The van der Waals surface area contributed by atoms with Gasteiger partial charge in [-0.3, -0.25) is 4.79 Å². The van der Waals surface area contributed by atoms with Crippen LogP contribution in [0.3, 0.4) is 0 Å². The molecule has 1 aliphatic heterocycles. The highest BCUT2D eigenvalue weighted by Gasteiger charge is 2.30. The highest BCUT2D eigenvalue weighted by atomic mass is 16.5. The SMILES string of the molecule is CC1(C)Cc2cc([C@H](N)C(=O)O)ccc2O1. The van der Waals surface area contributed by atoms with Crippen molar-refractivity contribution in [1.29, 1.82) is 0 Å². The fourth-order valence-electron chi connectivity index (χ4n) is 1.97. The predicted octanol–water partition coefficient (Wildman–Crippen LogP) is 1.48. The number of hydrogen-bond donors (Lipinski definition) is 2. The molecule has 1 atom stereocenters. The summed E-state index contributed by atoms with van der Waals surface area (Å²) in [6.45, 7) is 4.01. The molecule has 1 aromatic carbocycles. The maximum atomic E-state index is 10.8. The van der Waals surface area contributed by atoms with Gasteiger partial charge in [0.2, 0.25) is 0 Å². The molecule has 4 heteroatoms. The van der Waals surface area contributed by atoms with Crippen molar-refractivity contribution >= 4 is 5.97 Å². The van der Waals surface area contributed by atoms with Gasteiger partial charge in [0.15, 0.2) is 0 Å². The van der Waals surface area contributed by atoms with Crippen LogP contribution in [0, 0.1) is 0 Å². The van der Waals surface area contributed by atoms with E-state index in [0.29, 0.717) is 5.56 Å². The van der Waals surface area contributed by atoms with Gasteiger partial charge in [0.25, 0.3) is 0 Å². The Morgan fingerprint density at radius 3 is 2.88 bits per heavy atom. The first-order valence-electron chi connectivity index (χ1n) is 5.19. The third-order valence-corrected chi connectivity index (χ3v) is 2.71. The zero-order valence-electron chi connectivity index (χ0n) is 9.36. The molecule has 0 saturated carbocycles. The number of aliphatic carboxylic acids is 1. The van der Waals surface area contributed by atoms with Crippen LogP contribution in [0.4, 0.5) is 0 Å². The van der Waals surface area contributed by atoms with E-state index < -0.39 is 12.0 Å². The molecular weight excluding hydrogens is 206 g/mol. The maximum Gasteiger partial charge on any atom is 0.325 e. The zero-order chi connectivity index (χ0) is 11.9. The number of benzene rings is 1. The number of carboxylic acids is 1. The van der Waals surface area contributed by atoms with Crippen LogP contribution < -0.4 is 10.5 Å². The summed E-state index contributed by atoms with van der Waals surface area (Å²) in [6.07, 6.45) is 0.780. The highest BCUT2D eigenvalue weighted by molar-refractivity contribution is 5.75. The standard InChI is InChI=1S/C12H15NO3/c1-12(2)6-8-5-7(10(13)11(14)15)3-4-9(8)16-12/h3-5,10H,6,13H2,1-2H3,(H,14,15)/t10-/m0/s1. The van der Waals surface area contributed by atoms with E-state index in [0.717, 1.165) is 17.7 Å². The Morgan fingerprint density at radius 1 is 1.56 bits per heavy atom. The van der Waals surface area contributed by atoms with Crippen molar-refractivity contribution in [3.05, 3.63) is 29.3 Å². The zero-order valence-corrected chi connectivity index (χ0v) is 9.36. The molecule has 3 N–H and O–H groups in total. The Kier molecular flexibility index (Phi) is 2.39. The Balaban J connectivity index is 2.32. The van der Waals surface area contributed by atoms with Crippen molar-refractivity contribution in [2.45, 2.75) is 31.9 Å². The first kappa shape index (κ1) is 11.0. The normalized spacial score (nSPS) is 18.7. The lowest BCUT2D eigenvalue weighted by Crippen LogP contribution is -2.24. The van der Waals surface area contributed by atoms with Gasteiger partial charge in [-0.15, -0.1) is 0 Å². The van der Waals surface area contributed by atoms with Crippen molar-refractivity contribution in [3.8, 4) is 5.75 Å². The van der Waals surface area contributed by atoms with Crippen molar-refractivity contribution in [2.75, 3.05) is 0 Å². The molecule has 0 spiro atoms. The van der Waals surface area contributed by atoms with Gasteiger partial charge in [-0.05, 0) is 37.1 Å². The second kappa shape index (κ2) is 3.49. The molecule has 4 nitrogen and oxygen atoms in total. The number of ether oxygens (including phenoxy) is 1. The number of nitrogens with two attached hydrogens (primary N) is 1. The van der Waals surface area contributed by atoms with Crippen LogP contribution in [-0.2, 0) is 11.2 Å². The summed E-state index contributed by atoms with van der Waals surface area (Å²) in [7, 11) is 0. The van der Waals surface area contributed by atoms with Gasteiger partial charge in [-0.25, -0.2) is 0 Å². The average molecular weight is 221 g/mol. The molecule has 1 heterocycles. The lowest BCUT2D eigenvalue weighted by Gasteiger charge is -2.16. The Morgan fingerprint density at radius 2 is 2.25 bits per heavy atom. The van der Waals surface area contributed by atoms with Crippen molar-refractivity contribution in [3.63, 3.8) is 0 Å². The number of rotatable bonds is 2. The largest absolute Gasteiger partial charge is 0.487 e. The van der Waals surface area contributed by atoms with Crippen LogP contribution in [0.15, 0.2) is 18.2 Å². The molecule has 2 rings (SSSR count). The van der Waals surface area contributed by atoms with E-state index in [-0.39, 0.29) is 5.60 Å². The first-order chi connectivity index (χ1) is 7.39. The molecule has 16 heavy (non-hydrogen) atoms. The molecule has 0 aromatic heterocycles. The van der Waals surface area contributed by atoms with Gasteiger partial charge < -0.3 is 15.6 Å². The quantitative estimate of drug-likeness (QED) is 0.793. The van der Waals surface area contributed by atoms with Crippen LogP contribution in [0.5, 0.6) is 5.75 Å². The van der Waals surface area contributed by atoms with Crippen molar-refractivity contribution < 1.29 is 14.6 Å². The van der Waals surface area contributed by atoms with Gasteiger partial charge in [0.1, 0.15) is 17.4 Å². The number of carbonyl (C=O) groups is 1. The monoisotopic (exact) mass is 221 g/mol. The molecule has 86 valence electrons. The smallest absolute Gasteiger partial charge is 0.325 e. The number of fused-ring (bicyclic) bond motifs is 1. The van der Waals surface area contributed by atoms with E-state index in [2.05, 4.69) is 0 Å². The van der Waals surface area contributed by atoms with Gasteiger partial charge in [-0.2, -0.15) is 0 Å². The molecule has 1 aromatic rings. The summed E-state index contributed by atoms with van der Waals surface area (Å²) in [4.78, 5) is 10.8. The summed E-state index contributed by atoms with van der Waals surface area (Å²) in [6, 6.07) is 4.36. The Labute approximate surface area is 94.0 Å². The van der Waals surface area contributed by atoms with E-state index in [4.69, 9.17) is 15.6 Å². The second-order valence-electron chi connectivity index (χ2n) is 4.72. The van der Waals surface area contributed by atoms with Gasteiger partial charge >= 0.3 is 5.97 Å². The third-order valence-electron chi connectivity index (χ3n) is 2.71. The van der Waals surface area contributed by atoms with Crippen molar-refractivity contribution in [1.82, 2.24) is 0 Å². The minimum absolute atomic E-state index is 0.214. The summed E-state index contributed by atoms with van der Waals surface area (Å²) in [5, 5.41) is 8.83. The van der Waals surface area contributed by atoms with E-state index in [1.165, 1.54) is 0 Å². The van der Waals surface area contributed by atoms with Crippen LogP contribution in [-0.4, -0.2) is 16.7 Å². The van der Waals surface area contributed by atoms with E-state index in [1.54, 1.807) is 12.1 Å². The average Bonchev–Trinajstić information content (AvgIpc) is 2.48. The maximum absolute atomic E-state index is 10.8. The minimum Gasteiger partial charge on any atom is -0.487 e. The van der Waals surface area contributed by atoms with Crippen LogP contribution in [0.2, 0.25) is 0 Å². The van der Waals surface area contributed by atoms with Gasteiger partial charge in [0, 0.05) is 6.42 Å². The summed E-state index contributed by atoms with van der Waals surface area (Å²) in [5.74, 6) is -0.190. The Hall–Kier alpha value is -1.55. The lowest BCUT2D eigenvalue weighted by molar-refractivity contribution is -0.138. The molecule has 0 fully saturated rings. The van der Waals surface area contributed by atoms with E-state index >= 15 is 0 Å². The molecule has 0 saturated heterocycles. The van der Waals surface area contributed by atoms with Crippen LogP contribution in [0.25, 0.3) is 0 Å². The fraction of sp³-hybridized carbons (Fsp3) is 0.417. The van der Waals surface area contributed by atoms with E-state index in [1.807, 2.05) is 19.9 Å². The summed E-state index contributed by atoms with van der Waals surface area (Å²) in [5.41, 5.74) is 6.99. The Bertz CT molecular complexity index is 440.